The monoisotopic (exact) mass is 267 g/mol. The lowest BCUT2D eigenvalue weighted by molar-refractivity contribution is 0.315. The minimum atomic E-state index is -2.81. The predicted molar refractivity (Wildman–Crippen MR) is 74.2 cm³/mol. The minimum absolute atomic E-state index is 0.330. The van der Waals surface area contributed by atoms with Crippen LogP contribution in [0.3, 0.4) is 0 Å². The Kier molecular flexibility index (Phi) is 4.40. The lowest BCUT2D eigenvalue weighted by Crippen LogP contribution is -2.20. The second-order valence-corrected chi connectivity index (χ2v) is 7.55. The zero-order chi connectivity index (χ0) is 13.0. The SMILES string of the molecule is CS(=O)(=O)CCC1CCN(Cc2ccccc2)C1. The molecule has 1 heterocycles. The van der Waals surface area contributed by atoms with Crippen LogP contribution < -0.4 is 0 Å². The van der Waals surface area contributed by atoms with Crippen molar-refractivity contribution in [1.82, 2.24) is 4.90 Å². The van der Waals surface area contributed by atoms with Gasteiger partial charge in [0.1, 0.15) is 9.84 Å². The van der Waals surface area contributed by atoms with Crippen molar-refractivity contribution in [2.75, 3.05) is 25.1 Å². The third-order valence-corrected chi connectivity index (χ3v) is 4.49. The van der Waals surface area contributed by atoms with E-state index in [1.165, 1.54) is 11.8 Å². The van der Waals surface area contributed by atoms with E-state index in [9.17, 15) is 8.42 Å². The molecule has 1 aliphatic heterocycles. The fraction of sp³-hybridized carbons (Fsp3) is 0.571. The van der Waals surface area contributed by atoms with Gasteiger partial charge >= 0.3 is 0 Å². The van der Waals surface area contributed by atoms with Crippen molar-refractivity contribution in [3.8, 4) is 0 Å². The van der Waals surface area contributed by atoms with Crippen molar-refractivity contribution >= 4 is 9.84 Å². The molecule has 4 heteroatoms. The van der Waals surface area contributed by atoms with Crippen LogP contribution in [0.2, 0.25) is 0 Å². The summed E-state index contributed by atoms with van der Waals surface area (Å²) >= 11 is 0. The molecular formula is C14H21NO2S. The van der Waals surface area contributed by atoms with Gasteiger partial charge in [-0.05, 0) is 30.9 Å². The van der Waals surface area contributed by atoms with Crippen molar-refractivity contribution in [3.05, 3.63) is 35.9 Å². The Hall–Kier alpha value is -0.870. The second kappa shape index (κ2) is 5.85. The van der Waals surface area contributed by atoms with Gasteiger partial charge in [-0.25, -0.2) is 8.42 Å². The Morgan fingerprint density at radius 1 is 1.28 bits per heavy atom. The van der Waals surface area contributed by atoms with Gasteiger partial charge in [0.25, 0.3) is 0 Å². The second-order valence-electron chi connectivity index (χ2n) is 5.29. The molecule has 0 aromatic heterocycles. The zero-order valence-corrected chi connectivity index (χ0v) is 11.7. The van der Waals surface area contributed by atoms with Crippen LogP contribution in [0.25, 0.3) is 0 Å². The van der Waals surface area contributed by atoms with E-state index >= 15 is 0 Å². The van der Waals surface area contributed by atoms with Gasteiger partial charge in [-0.3, -0.25) is 4.90 Å². The highest BCUT2D eigenvalue weighted by atomic mass is 32.2. The Morgan fingerprint density at radius 2 is 2.00 bits per heavy atom. The van der Waals surface area contributed by atoms with Crippen LogP contribution in [0, 0.1) is 5.92 Å². The van der Waals surface area contributed by atoms with Crippen LogP contribution in [-0.4, -0.2) is 38.4 Å². The van der Waals surface area contributed by atoms with E-state index in [1.54, 1.807) is 0 Å². The quantitative estimate of drug-likeness (QED) is 0.818. The molecule has 18 heavy (non-hydrogen) atoms. The average Bonchev–Trinajstić information content (AvgIpc) is 2.75. The smallest absolute Gasteiger partial charge is 0.147 e. The molecule has 3 nitrogen and oxygen atoms in total. The fourth-order valence-corrected chi connectivity index (χ4v) is 3.28. The summed E-state index contributed by atoms with van der Waals surface area (Å²) in [7, 11) is -2.81. The molecule has 0 radical (unpaired) electrons. The van der Waals surface area contributed by atoms with E-state index in [1.807, 2.05) is 6.07 Å². The van der Waals surface area contributed by atoms with Gasteiger partial charge in [-0.1, -0.05) is 30.3 Å². The topological polar surface area (TPSA) is 37.4 Å². The highest BCUT2D eigenvalue weighted by molar-refractivity contribution is 7.90. The van der Waals surface area contributed by atoms with Crippen molar-refractivity contribution < 1.29 is 8.42 Å². The Balaban J connectivity index is 1.78. The van der Waals surface area contributed by atoms with Gasteiger partial charge in [0.15, 0.2) is 0 Å². The van der Waals surface area contributed by atoms with Crippen molar-refractivity contribution in [2.45, 2.75) is 19.4 Å². The van der Waals surface area contributed by atoms with Crippen molar-refractivity contribution in [1.29, 1.82) is 0 Å². The van der Waals surface area contributed by atoms with Crippen LogP contribution in [0.4, 0.5) is 0 Å². The maximum absolute atomic E-state index is 11.1. The van der Waals surface area contributed by atoms with E-state index in [0.29, 0.717) is 11.7 Å². The first-order valence-electron chi connectivity index (χ1n) is 6.47. The molecule has 0 saturated carbocycles. The van der Waals surface area contributed by atoms with Crippen molar-refractivity contribution in [2.24, 2.45) is 5.92 Å². The van der Waals surface area contributed by atoms with E-state index < -0.39 is 9.84 Å². The number of hydrogen-bond donors (Lipinski definition) is 0. The standard InChI is InChI=1S/C14H21NO2S/c1-18(16,17)10-8-14-7-9-15(12-14)11-13-5-3-2-4-6-13/h2-6,14H,7-12H2,1H3. The summed E-state index contributed by atoms with van der Waals surface area (Å²) in [6.07, 6.45) is 3.26. The molecule has 0 amide bonds. The molecule has 0 N–H and O–H groups in total. The summed E-state index contributed by atoms with van der Waals surface area (Å²) in [5.41, 5.74) is 1.33. The third kappa shape index (κ3) is 4.42. The Bertz CT molecular complexity index is 470. The van der Waals surface area contributed by atoms with Crippen molar-refractivity contribution in [3.63, 3.8) is 0 Å². The summed E-state index contributed by atoms with van der Waals surface area (Å²) in [6.45, 7) is 3.10. The van der Waals surface area contributed by atoms with Gasteiger partial charge in [-0.2, -0.15) is 0 Å². The number of hydrogen-bond acceptors (Lipinski definition) is 3. The van der Waals surface area contributed by atoms with Gasteiger partial charge in [0.2, 0.25) is 0 Å². The normalized spacial score (nSPS) is 21.3. The number of benzene rings is 1. The van der Waals surface area contributed by atoms with E-state index in [2.05, 4.69) is 29.2 Å². The van der Waals surface area contributed by atoms with Gasteiger partial charge < -0.3 is 0 Å². The molecule has 1 fully saturated rings. The molecule has 2 rings (SSSR count). The molecule has 1 aliphatic rings. The molecule has 0 aliphatic carbocycles. The number of nitrogens with zero attached hydrogens (tertiary/aromatic N) is 1. The molecule has 0 bridgehead atoms. The number of rotatable bonds is 5. The van der Waals surface area contributed by atoms with E-state index in [4.69, 9.17) is 0 Å². The summed E-state index contributed by atoms with van der Waals surface area (Å²) in [5.74, 6) is 0.875. The molecule has 1 atom stereocenters. The molecule has 1 unspecified atom stereocenters. The van der Waals surface area contributed by atoms with Crippen LogP contribution in [0.15, 0.2) is 30.3 Å². The third-order valence-electron chi connectivity index (χ3n) is 3.52. The lowest BCUT2D eigenvalue weighted by atomic mass is 10.1. The van der Waals surface area contributed by atoms with E-state index in [-0.39, 0.29) is 0 Å². The van der Waals surface area contributed by atoms with Crippen LogP contribution in [0.5, 0.6) is 0 Å². The van der Waals surface area contributed by atoms with Crippen LogP contribution >= 0.6 is 0 Å². The zero-order valence-electron chi connectivity index (χ0n) is 10.9. The van der Waals surface area contributed by atoms with Crippen LogP contribution in [0.1, 0.15) is 18.4 Å². The minimum Gasteiger partial charge on any atom is -0.299 e. The summed E-state index contributed by atoms with van der Waals surface area (Å²) < 4.78 is 22.3. The number of likely N-dealkylation sites (tertiary alicyclic amines) is 1. The highest BCUT2D eigenvalue weighted by Gasteiger charge is 2.23. The molecule has 1 aromatic carbocycles. The maximum Gasteiger partial charge on any atom is 0.147 e. The van der Waals surface area contributed by atoms with Crippen LogP contribution in [-0.2, 0) is 16.4 Å². The maximum atomic E-state index is 11.1. The summed E-state index contributed by atoms with van der Waals surface area (Å²) in [5, 5.41) is 0. The van der Waals surface area contributed by atoms with Gasteiger partial charge in [-0.15, -0.1) is 0 Å². The van der Waals surface area contributed by atoms with E-state index in [0.717, 1.165) is 32.5 Å². The summed E-state index contributed by atoms with van der Waals surface area (Å²) in [4.78, 5) is 2.42. The first kappa shape index (κ1) is 13.6. The van der Waals surface area contributed by atoms with Gasteiger partial charge in [0.05, 0.1) is 5.75 Å². The fourth-order valence-electron chi connectivity index (χ4n) is 2.51. The molecule has 0 spiro atoms. The lowest BCUT2D eigenvalue weighted by Gasteiger charge is -2.15. The molecule has 1 saturated heterocycles. The highest BCUT2D eigenvalue weighted by Crippen LogP contribution is 2.21. The Morgan fingerprint density at radius 3 is 2.67 bits per heavy atom. The Labute approximate surface area is 110 Å². The largest absolute Gasteiger partial charge is 0.299 e. The average molecular weight is 267 g/mol. The molecule has 1 aromatic rings. The first-order chi connectivity index (χ1) is 8.53. The van der Waals surface area contributed by atoms with Gasteiger partial charge in [0, 0.05) is 19.3 Å². The first-order valence-corrected chi connectivity index (χ1v) is 8.53. The molecular weight excluding hydrogens is 246 g/mol. The molecule has 100 valence electrons. The predicted octanol–water partition coefficient (Wildman–Crippen LogP) is 1.94. The summed E-state index contributed by atoms with van der Waals surface area (Å²) in [6, 6.07) is 10.4. The number of sulfone groups is 1.